The van der Waals surface area contributed by atoms with E-state index in [4.69, 9.17) is 21.8 Å². The SMILES string of the molecule is CNCCO.Cc1ccc(-c2cn3ccc(Cl)cc3n2)cc1.Cc1ccc(-c2cn3ccc(N(C)CCO)cc3n2)cc1. The summed E-state index contributed by atoms with van der Waals surface area (Å²) >= 11 is 5.94. The van der Waals surface area contributed by atoms with E-state index in [1.54, 1.807) is 7.05 Å². The van der Waals surface area contributed by atoms with E-state index in [1.165, 1.54) is 11.1 Å². The number of nitrogens with one attached hydrogen (secondary N) is 1. The fraction of sp³-hybridized carbons (Fsp3) is 0.235. The lowest BCUT2D eigenvalue weighted by Gasteiger charge is -2.17. The zero-order valence-electron chi connectivity index (χ0n) is 25.1. The first-order valence-corrected chi connectivity index (χ1v) is 14.5. The Labute approximate surface area is 257 Å². The molecule has 43 heavy (non-hydrogen) atoms. The minimum atomic E-state index is 0.144. The number of imidazole rings is 2. The van der Waals surface area contributed by atoms with Gasteiger partial charge in [0.05, 0.1) is 24.6 Å². The number of aryl methyl sites for hydroxylation is 2. The molecule has 0 atom stereocenters. The maximum Gasteiger partial charge on any atom is 0.139 e. The van der Waals surface area contributed by atoms with Crippen LogP contribution in [0, 0.1) is 13.8 Å². The zero-order valence-corrected chi connectivity index (χ0v) is 25.8. The molecular formula is C34H39ClN6O2. The molecule has 0 aliphatic carbocycles. The van der Waals surface area contributed by atoms with E-state index in [0.717, 1.165) is 39.5 Å². The number of aromatic nitrogens is 4. The molecule has 0 amide bonds. The first-order valence-electron chi connectivity index (χ1n) is 14.2. The summed E-state index contributed by atoms with van der Waals surface area (Å²) in [4.78, 5) is 11.3. The highest BCUT2D eigenvalue weighted by molar-refractivity contribution is 6.30. The van der Waals surface area contributed by atoms with Gasteiger partial charge in [-0.05, 0) is 33.0 Å². The summed E-state index contributed by atoms with van der Waals surface area (Å²) in [5.74, 6) is 0. The van der Waals surface area contributed by atoms with Crippen molar-refractivity contribution in [2.24, 2.45) is 0 Å². The highest BCUT2D eigenvalue weighted by Crippen LogP contribution is 2.23. The van der Waals surface area contributed by atoms with E-state index < -0.39 is 0 Å². The molecule has 0 saturated carbocycles. The zero-order chi connectivity index (χ0) is 30.8. The van der Waals surface area contributed by atoms with Crippen LogP contribution in [-0.2, 0) is 0 Å². The third-order valence-electron chi connectivity index (χ3n) is 6.80. The number of pyridine rings is 2. The van der Waals surface area contributed by atoms with E-state index in [9.17, 15) is 0 Å². The topological polar surface area (TPSA) is 90.3 Å². The van der Waals surface area contributed by atoms with Gasteiger partial charge < -0.3 is 29.2 Å². The van der Waals surface area contributed by atoms with E-state index in [-0.39, 0.29) is 13.2 Å². The van der Waals surface area contributed by atoms with Crippen molar-refractivity contribution in [3.63, 3.8) is 0 Å². The van der Waals surface area contributed by atoms with Gasteiger partial charge in [-0.15, -0.1) is 0 Å². The van der Waals surface area contributed by atoms with Gasteiger partial charge >= 0.3 is 0 Å². The number of fused-ring (bicyclic) bond motifs is 2. The molecule has 2 aromatic carbocycles. The molecule has 6 aromatic rings. The molecule has 9 heteroatoms. The normalized spacial score (nSPS) is 10.7. The second-order valence-corrected chi connectivity index (χ2v) is 10.7. The van der Waals surface area contributed by atoms with E-state index in [0.29, 0.717) is 18.1 Å². The van der Waals surface area contributed by atoms with Crippen molar-refractivity contribution in [2.75, 3.05) is 45.3 Å². The number of aliphatic hydroxyl groups excluding tert-OH is 2. The van der Waals surface area contributed by atoms with Crippen LogP contribution in [0.2, 0.25) is 5.02 Å². The summed E-state index contributed by atoms with van der Waals surface area (Å²) in [6.45, 7) is 5.84. The van der Waals surface area contributed by atoms with Crippen LogP contribution in [0.1, 0.15) is 11.1 Å². The first-order chi connectivity index (χ1) is 20.8. The second-order valence-electron chi connectivity index (χ2n) is 10.2. The molecule has 0 radical (unpaired) electrons. The molecule has 0 aliphatic rings. The van der Waals surface area contributed by atoms with Crippen molar-refractivity contribution in [1.82, 2.24) is 24.1 Å². The Morgan fingerprint density at radius 3 is 1.72 bits per heavy atom. The molecule has 0 fully saturated rings. The maximum absolute atomic E-state index is 9.02. The van der Waals surface area contributed by atoms with Crippen LogP contribution in [0.25, 0.3) is 33.8 Å². The van der Waals surface area contributed by atoms with Crippen LogP contribution in [0.4, 0.5) is 5.69 Å². The lowest BCUT2D eigenvalue weighted by Crippen LogP contribution is -2.21. The van der Waals surface area contributed by atoms with Gasteiger partial charge in [-0.1, -0.05) is 71.3 Å². The lowest BCUT2D eigenvalue weighted by molar-refractivity contribution is 0.296. The summed E-state index contributed by atoms with van der Waals surface area (Å²) in [7, 11) is 3.77. The highest BCUT2D eigenvalue weighted by Gasteiger charge is 2.07. The summed E-state index contributed by atoms with van der Waals surface area (Å²) in [5, 5.41) is 20.5. The van der Waals surface area contributed by atoms with Crippen molar-refractivity contribution in [3.8, 4) is 22.5 Å². The van der Waals surface area contributed by atoms with Gasteiger partial charge in [0.2, 0.25) is 0 Å². The molecule has 6 rings (SSSR count). The van der Waals surface area contributed by atoms with Gasteiger partial charge in [0, 0.05) is 78.9 Å². The van der Waals surface area contributed by atoms with Crippen molar-refractivity contribution in [3.05, 3.63) is 114 Å². The molecule has 8 nitrogen and oxygen atoms in total. The standard InChI is InChI=1S/C17H19N3O.C14H11ClN2.C3H9NO/c1-13-3-5-14(6-4-13)16-12-20-8-7-15(11-17(20)18-16)19(2)9-10-21;1-10-2-4-11(5-3-10)13-9-17-7-6-12(15)8-14(17)16-13;1-4-2-3-5/h3-8,11-12,21H,9-10H2,1-2H3;2-9H,1H3;4-5H,2-3H2,1H3. The summed E-state index contributed by atoms with van der Waals surface area (Å²) in [6.07, 6.45) is 7.97. The number of hydrogen-bond donors (Lipinski definition) is 3. The predicted octanol–water partition coefficient (Wildman–Crippen LogP) is 5.90. The Morgan fingerprint density at radius 2 is 1.26 bits per heavy atom. The average Bonchev–Trinajstić information content (AvgIpc) is 3.63. The first kappa shape index (κ1) is 31.7. The van der Waals surface area contributed by atoms with Crippen molar-refractivity contribution in [1.29, 1.82) is 0 Å². The Hall–Kier alpha value is -4.21. The summed E-state index contributed by atoms with van der Waals surface area (Å²) in [5.41, 5.74) is 9.50. The molecule has 4 heterocycles. The van der Waals surface area contributed by atoms with Gasteiger partial charge in [0.15, 0.2) is 0 Å². The van der Waals surface area contributed by atoms with Crippen molar-refractivity contribution in [2.45, 2.75) is 13.8 Å². The number of rotatable bonds is 7. The van der Waals surface area contributed by atoms with E-state index in [2.05, 4.69) is 77.7 Å². The number of benzene rings is 2. The fourth-order valence-corrected chi connectivity index (χ4v) is 4.44. The fourth-order valence-electron chi connectivity index (χ4n) is 4.28. The highest BCUT2D eigenvalue weighted by atomic mass is 35.5. The van der Waals surface area contributed by atoms with Crippen LogP contribution in [-0.4, -0.2) is 69.4 Å². The van der Waals surface area contributed by atoms with Crippen LogP contribution < -0.4 is 10.2 Å². The van der Waals surface area contributed by atoms with Gasteiger partial charge in [-0.2, -0.15) is 0 Å². The Balaban J connectivity index is 0.000000173. The van der Waals surface area contributed by atoms with Gasteiger partial charge in [0.1, 0.15) is 11.3 Å². The number of hydrogen-bond acceptors (Lipinski definition) is 6. The molecule has 0 unspecified atom stereocenters. The van der Waals surface area contributed by atoms with Crippen molar-refractivity contribution >= 4 is 28.6 Å². The average molecular weight is 599 g/mol. The van der Waals surface area contributed by atoms with Crippen LogP contribution in [0.5, 0.6) is 0 Å². The molecule has 0 saturated heterocycles. The van der Waals surface area contributed by atoms with Crippen LogP contribution in [0.3, 0.4) is 0 Å². The quantitative estimate of drug-likeness (QED) is 0.212. The Bertz CT molecular complexity index is 1730. The molecule has 4 aromatic heterocycles. The van der Waals surface area contributed by atoms with Crippen LogP contribution in [0.15, 0.2) is 97.6 Å². The summed E-state index contributed by atoms with van der Waals surface area (Å²) in [6, 6.07) is 24.5. The number of halogens is 1. The maximum atomic E-state index is 9.02. The lowest BCUT2D eigenvalue weighted by atomic mass is 10.1. The smallest absolute Gasteiger partial charge is 0.139 e. The number of likely N-dealkylation sites (N-methyl/N-ethyl adjacent to an activating group) is 2. The third-order valence-corrected chi connectivity index (χ3v) is 7.03. The van der Waals surface area contributed by atoms with Gasteiger partial charge in [-0.25, -0.2) is 9.97 Å². The minimum Gasteiger partial charge on any atom is -0.395 e. The largest absolute Gasteiger partial charge is 0.395 e. The molecule has 0 bridgehead atoms. The van der Waals surface area contributed by atoms with Gasteiger partial charge in [0.25, 0.3) is 0 Å². The van der Waals surface area contributed by atoms with E-state index in [1.807, 2.05) is 69.8 Å². The minimum absolute atomic E-state index is 0.144. The second kappa shape index (κ2) is 15.3. The summed E-state index contributed by atoms with van der Waals surface area (Å²) < 4.78 is 3.99. The third kappa shape index (κ3) is 8.65. The molecule has 3 N–H and O–H groups in total. The number of nitrogens with zero attached hydrogens (tertiary/aromatic N) is 5. The van der Waals surface area contributed by atoms with Crippen molar-refractivity contribution < 1.29 is 10.2 Å². The number of anilines is 1. The number of aliphatic hydroxyl groups is 2. The van der Waals surface area contributed by atoms with Gasteiger partial charge in [-0.3, -0.25) is 0 Å². The molecule has 0 spiro atoms. The molecular weight excluding hydrogens is 560 g/mol. The monoisotopic (exact) mass is 598 g/mol. The predicted molar refractivity (Wildman–Crippen MR) is 177 cm³/mol. The van der Waals surface area contributed by atoms with Crippen LogP contribution >= 0.6 is 11.6 Å². The molecule has 0 aliphatic heterocycles. The Morgan fingerprint density at radius 1 is 0.744 bits per heavy atom. The Kier molecular flexibility index (Phi) is 11.3. The van der Waals surface area contributed by atoms with E-state index >= 15 is 0 Å². The molecule has 224 valence electrons.